The summed E-state index contributed by atoms with van der Waals surface area (Å²) in [6.45, 7) is 0. The first-order valence-corrected chi connectivity index (χ1v) is 12.1. The summed E-state index contributed by atoms with van der Waals surface area (Å²) in [7, 11) is -3.91. The van der Waals surface area contributed by atoms with Gasteiger partial charge in [0.2, 0.25) is 15.9 Å². The van der Waals surface area contributed by atoms with E-state index in [2.05, 4.69) is 16.1 Å². The average molecular weight is 472 g/mol. The Balaban J connectivity index is 1.54. The van der Waals surface area contributed by atoms with Gasteiger partial charge in [0.25, 0.3) is 0 Å². The van der Waals surface area contributed by atoms with Crippen LogP contribution in [0.4, 0.5) is 5.69 Å². The number of rotatable bonds is 9. The maximum Gasteiger partial charge on any atom is 0.242 e. The summed E-state index contributed by atoms with van der Waals surface area (Å²) in [6.07, 6.45) is 0.173. The van der Waals surface area contributed by atoms with Crippen LogP contribution in [-0.4, -0.2) is 20.4 Å². The van der Waals surface area contributed by atoms with E-state index in [-0.39, 0.29) is 11.3 Å². The minimum atomic E-state index is -3.91. The van der Waals surface area contributed by atoms with Gasteiger partial charge in [0.1, 0.15) is 17.5 Å². The third kappa shape index (κ3) is 6.31. The molecule has 0 aliphatic heterocycles. The van der Waals surface area contributed by atoms with Crippen molar-refractivity contribution in [3.63, 3.8) is 0 Å². The Kier molecular flexibility index (Phi) is 7.37. The van der Waals surface area contributed by atoms with Crippen molar-refractivity contribution in [1.82, 2.24) is 4.72 Å². The van der Waals surface area contributed by atoms with Gasteiger partial charge in [-0.25, -0.2) is 8.42 Å². The molecule has 0 fully saturated rings. The first kappa shape index (κ1) is 23.2. The van der Waals surface area contributed by atoms with Crippen molar-refractivity contribution in [3.05, 3.63) is 121 Å². The molecule has 1 atom stereocenters. The normalized spacial score (nSPS) is 12.0. The van der Waals surface area contributed by atoms with Gasteiger partial charge in [-0.15, -0.1) is 0 Å². The Morgan fingerprint density at radius 2 is 1.47 bits per heavy atom. The van der Waals surface area contributed by atoms with Gasteiger partial charge in [-0.05, 0) is 54.4 Å². The molecule has 0 heterocycles. The van der Waals surface area contributed by atoms with Gasteiger partial charge in [-0.3, -0.25) is 4.79 Å². The van der Waals surface area contributed by atoms with Crippen LogP contribution in [0.3, 0.4) is 0 Å². The summed E-state index contributed by atoms with van der Waals surface area (Å²) in [5, 5.41) is 2.81. The number of amides is 1. The molecule has 6 nitrogen and oxygen atoms in total. The lowest BCUT2D eigenvalue weighted by Gasteiger charge is -2.19. The SMILES string of the molecule is O=C(Nc1cccc(Oc2ccccc2)c1)C(Cc1cc[c]cc1)NS(=O)(=O)c1ccccc1. The highest BCUT2D eigenvalue weighted by molar-refractivity contribution is 7.89. The van der Waals surface area contributed by atoms with Gasteiger partial charge >= 0.3 is 0 Å². The predicted octanol–water partition coefficient (Wildman–Crippen LogP) is 4.81. The second kappa shape index (κ2) is 10.8. The van der Waals surface area contributed by atoms with E-state index in [4.69, 9.17) is 4.74 Å². The molecule has 34 heavy (non-hydrogen) atoms. The largest absolute Gasteiger partial charge is 0.457 e. The molecule has 4 rings (SSSR count). The number of carbonyl (C=O) groups is 1. The molecular formula is C27H23N2O4S. The summed E-state index contributed by atoms with van der Waals surface area (Å²) in [5.41, 5.74) is 1.29. The minimum absolute atomic E-state index is 0.0902. The fraction of sp³-hybridized carbons (Fsp3) is 0.0741. The fourth-order valence-electron chi connectivity index (χ4n) is 3.33. The summed E-state index contributed by atoms with van der Waals surface area (Å²) in [4.78, 5) is 13.3. The number of ether oxygens (including phenoxy) is 1. The van der Waals surface area contributed by atoms with Crippen molar-refractivity contribution in [2.45, 2.75) is 17.4 Å². The number of carbonyl (C=O) groups excluding carboxylic acids is 1. The Morgan fingerprint density at radius 1 is 0.824 bits per heavy atom. The number of sulfonamides is 1. The van der Waals surface area contributed by atoms with Crippen molar-refractivity contribution in [1.29, 1.82) is 0 Å². The van der Waals surface area contributed by atoms with Crippen molar-refractivity contribution >= 4 is 21.6 Å². The van der Waals surface area contributed by atoms with Gasteiger partial charge in [0.15, 0.2) is 0 Å². The van der Waals surface area contributed by atoms with Crippen LogP contribution in [0.1, 0.15) is 5.56 Å². The van der Waals surface area contributed by atoms with Gasteiger partial charge < -0.3 is 10.1 Å². The van der Waals surface area contributed by atoms with Crippen LogP contribution in [0, 0.1) is 6.07 Å². The fourth-order valence-corrected chi connectivity index (χ4v) is 4.54. The Labute approximate surface area is 199 Å². The van der Waals surface area contributed by atoms with Crippen molar-refractivity contribution < 1.29 is 17.9 Å². The molecule has 4 aromatic rings. The molecule has 0 aromatic heterocycles. The molecule has 1 amide bonds. The van der Waals surface area contributed by atoms with E-state index in [1.165, 1.54) is 12.1 Å². The molecule has 1 radical (unpaired) electrons. The highest BCUT2D eigenvalue weighted by Gasteiger charge is 2.26. The topological polar surface area (TPSA) is 84.5 Å². The second-order valence-corrected chi connectivity index (χ2v) is 9.25. The molecule has 171 valence electrons. The van der Waals surface area contributed by atoms with E-state index in [1.54, 1.807) is 66.7 Å². The van der Waals surface area contributed by atoms with E-state index in [9.17, 15) is 13.2 Å². The summed E-state index contributed by atoms with van der Waals surface area (Å²) < 4.78 is 34.2. The molecule has 0 aliphatic rings. The molecule has 1 unspecified atom stereocenters. The lowest BCUT2D eigenvalue weighted by molar-refractivity contribution is -0.117. The van der Waals surface area contributed by atoms with Crippen molar-refractivity contribution in [3.8, 4) is 11.5 Å². The number of para-hydroxylation sites is 1. The first-order valence-electron chi connectivity index (χ1n) is 10.7. The maximum absolute atomic E-state index is 13.2. The molecular weight excluding hydrogens is 448 g/mol. The number of nitrogens with one attached hydrogen (secondary N) is 2. The summed E-state index contributed by atoms with van der Waals surface area (Å²) >= 11 is 0. The Bertz CT molecular complexity index is 1330. The standard InChI is InChI=1S/C27H23N2O4S/c30-27(28-22-13-10-16-24(20-22)33-23-14-6-2-7-15-23)26(19-21-11-4-1-5-12-21)29-34(31,32)25-17-8-3-9-18-25/h2-18,20,26,29H,19H2,(H,28,30). The maximum atomic E-state index is 13.2. The lowest BCUT2D eigenvalue weighted by atomic mass is 10.1. The summed E-state index contributed by atoms with van der Waals surface area (Å²) in [6, 6.07) is 33.1. The van der Waals surface area contributed by atoms with Crippen LogP contribution in [0.25, 0.3) is 0 Å². The number of anilines is 1. The molecule has 0 spiro atoms. The monoisotopic (exact) mass is 471 g/mol. The zero-order valence-electron chi connectivity index (χ0n) is 18.2. The second-order valence-electron chi connectivity index (χ2n) is 7.53. The zero-order valence-corrected chi connectivity index (χ0v) is 19.0. The first-order chi connectivity index (χ1) is 16.5. The molecule has 0 saturated heterocycles. The third-order valence-electron chi connectivity index (χ3n) is 4.97. The molecule has 0 bridgehead atoms. The van der Waals surface area contributed by atoms with Crippen LogP contribution in [0.5, 0.6) is 11.5 Å². The van der Waals surface area contributed by atoms with Gasteiger partial charge in [0.05, 0.1) is 4.90 Å². The quantitative estimate of drug-likeness (QED) is 0.367. The smallest absolute Gasteiger partial charge is 0.242 e. The summed E-state index contributed by atoms with van der Waals surface area (Å²) in [5.74, 6) is 0.730. The zero-order chi connectivity index (χ0) is 23.8. The van der Waals surface area contributed by atoms with E-state index in [0.29, 0.717) is 17.2 Å². The van der Waals surface area contributed by atoms with Crippen LogP contribution >= 0.6 is 0 Å². The third-order valence-corrected chi connectivity index (χ3v) is 6.46. The Morgan fingerprint density at radius 3 is 2.18 bits per heavy atom. The van der Waals surface area contributed by atoms with Gasteiger partial charge in [-0.2, -0.15) is 4.72 Å². The van der Waals surface area contributed by atoms with Crippen molar-refractivity contribution in [2.24, 2.45) is 0 Å². The van der Waals surface area contributed by atoms with Crippen LogP contribution in [0.15, 0.2) is 114 Å². The number of hydrogen-bond acceptors (Lipinski definition) is 4. The highest BCUT2D eigenvalue weighted by Crippen LogP contribution is 2.24. The molecule has 4 aromatic carbocycles. The highest BCUT2D eigenvalue weighted by atomic mass is 32.2. The van der Waals surface area contributed by atoms with Crippen molar-refractivity contribution in [2.75, 3.05) is 5.32 Å². The molecule has 0 aliphatic carbocycles. The van der Waals surface area contributed by atoms with E-state index in [0.717, 1.165) is 5.56 Å². The van der Waals surface area contributed by atoms with E-state index >= 15 is 0 Å². The number of hydrogen-bond donors (Lipinski definition) is 2. The lowest BCUT2D eigenvalue weighted by Crippen LogP contribution is -2.45. The van der Waals surface area contributed by atoms with Crippen LogP contribution in [-0.2, 0) is 21.2 Å². The number of benzene rings is 4. The van der Waals surface area contributed by atoms with Gasteiger partial charge in [0, 0.05) is 11.8 Å². The average Bonchev–Trinajstić information content (AvgIpc) is 2.85. The Hall–Kier alpha value is -3.94. The van der Waals surface area contributed by atoms with Gasteiger partial charge in [-0.1, -0.05) is 66.7 Å². The molecule has 7 heteroatoms. The van der Waals surface area contributed by atoms with E-state index < -0.39 is 22.0 Å². The minimum Gasteiger partial charge on any atom is -0.457 e. The van der Waals surface area contributed by atoms with Crippen LogP contribution in [0.2, 0.25) is 0 Å². The molecule has 0 saturated carbocycles. The molecule has 2 N–H and O–H groups in total. The van der Waals surface area contributed by atoms with Crippen LogP contribution < -0.4 is 14.8 Å². The predicted molar refractivity (Wildman–Crippen MR) is 131 cm³/mol. The van der Waals surface area contributed by atoms with E-state index in [1.807, 2.05) is 30.3 Å².